The van der Waals surface area contributed by atoms with Crippen LogP contribution in [0.3, 0.4) is 0 Å². The van der Waals surface area contributed by atoms with E-state index in [4.69, 9.17) is 5.11 Å². The highest BCUT2D eigenvalue weighted by atomic mass is 32.2. The third-order valence-corrected chi connectivity index (χ3v) is 5.15. The molecule has 0 saturated carbocycles. The van der Waals surface area contributed by atoms with Crippen LogP contribution in [-0.2, 0) is 26.0 Å². The molecule has 2 rings (SSSR count). The van der Waals surface area contributed by atoms with E-state index in [0.29, 0.717) is 37.2 Å². The Hall–Kier alpha value is -1.93. The number of carbonyl (C=O) groups excluding carboxylic acids is 1. The van der Waals surface area contributed by atoms with Crippen molar-refractivity contribution >= 4 is 27.6 Å². The molecule has 0 aromatic heterocycles. The van der Waals surface area contributed by atoms with Gasteiger partial charge in [-0.1, -0.05) is 12.1 Å². The van der Waals surface area contributed by atoms with Crippen LogP contribution in [0, 0.1) is 5.92 Å². The van der Waals surface area contributed by atoms with E-state index < -0.39 is 16.0 Å². The van der Waals surface area contributed by atoms with Crippen LogP contribution in [0.4, 0.5) is 5.69 Å². The lowest BCUT2D eigenvalue weighted by molar-refractivity contribution is -0.136. The van der Waals surface area contributed by atoms with E-state index >= 15 is 0 Å². The second-order valence-corrected chi connectivity index (χ2v) is 7.68. The Morgan fingerprint density at radius 2 is 1.96 bits per heavy atom. The lowest BCUT2D eigenvalue weighted by Crippen LogP contribution is -2.40. The molecule has 1 saturated heterocycles. The fraction of sp³-hybridized carbons (Fsp3) is 0.467. The summed E-state index contributed by atoms with van der Waals surface area (Å²) in [6.07, 6.45) is 2.03. The summed E-state index contributed by atoms with van der Waals surface area (Å²) >= 11 is 0. The molecular formula is C15H20N2O5S. The van der Waals surface area contributed by atoms with Crippen molar-refractivity contribution in [3.63, 3.8) is 0 Å². The van der Waals surface area contributed by atoms with Gasteiger partial charge in [-0.05, 0) is 30.5 Å². The number of rotatable bonds is 5. The van der Waals surface area contributed by atoms with Crippen molar-refractivity contribution in [1.29, 1.82) is 0 Å². The molecule has 0 spiro atoms. The maximum absolute atomic E-state index is 12.3. The van der Waals surface area contributed by atoms with Crippen molar-refractivity contribution in [3.8, 4) is 0 Å². The molecule has 2 N–H and O–H groups in total. The molecule has 23 heavy (non-hydrogen) atoms. The highest BCUT2D eigenvalue weighted by molar-refractivity contribution is 7.88. The van der Waals surface area contributed by atoms with Gasteiger partial charge in [0.1, 0.15) is 0 Å². The first-order valence-electron chi connectivity index (χ1n) is 7.32. The molecule has 1 fully saturated rings. The van der Waals surface area contributed by atoms with Gasteiger partial charge >= 0.3 is 5.97 Å². The number of carbonyl (C=O) groups is 2. The normalized spacial score (nSPS) is 16.9. The summed E-state index contributed by atoms with van der Waals surface area (Å²) in [5.41, 5.74) is 1.17. The largest absolute Gasteiger partial charge is 0.481 e. The number of nitrogens with zero attached hydrogens (tertiary/aromatic N) is 1. The van der Waals surface area contributed by atoms with Crippen LogP contribution in [0.2, 0.25) is 0 Å². The van der Waals surface area contributed by atoms with Crippen molar-refractivity contribution in [2.24, 2.45) is 5.92 Å². The minimum Gasteiger partial charge on any atom is -0.481 e. The molecule has 1 aromatic rings. The molecular weight excluding hydrogens is 320 g/mol. The molecule has 0 atom stereocenters. The minimum atomic E-state index is -3.21. The van der Waals surface area contributed by atoms with Crippen LogP contribution >= 0.6 is 0 Å². The van der Waals surface area contributed by atoms with Gasteiger partial charge in [-0.3, -0.25) is 9.59 Å². The van der Waals surface area contributed by atoms with Gasteiger partial charge in [-0.2, -0.15) is 0 Å². The first-order chi connectivity index (χ1) is 10.8. The van der Waals surface area contributed by atoms with Crippen LogP contribution in [0.1, 0.15) is 18.4 Å². The van der Waals surface area contributed by atoms with Gasteiger partial charge in [0.05, 0.1) is 12.7 Å². The van der Waals surface area contributed by atoms with Crippen LogP contribution in [0.15, 0.2) is 24.3 Å². The zero-order chi connectivity index (χ0) is 17.0. The average molecular weight is 340 g/mol. The first kappa shape index (κ1) is 17.4. The van der Waals surface area contributed by atoms with E-state index in [0.717, 1.165) is 0 Å². The Kier molecular flexibility index (Phi) is 5.38. The monoisotopic (exact) mass is 340 g/mol. The van der Waals surface area contributed by atoms with Gasteiger partial charge < -0.3 is 10.4 Å². The Morgan fingerprint density at radius 1 is 1.30 bits per heavy atom. The Bertz CT molecular complexity index is 694. The van der Waals surface area contributed by atoms with E-state index in [1.54, 1.807) is 24.3 Å². The number of piperidine rings is 1. The second kappa shape index (κ2) is 7.10. The smallest absolute Gasteiger partial charge is 0.307 e. The van der Waals surface area contributed by atoms with Crippen LogP contribution in [-0.4, -0.2) is 49.1 Å². The summed E-state index contributed by atoms with van der Waals surface area (Å²) < 4.78 is 24.3. The minimum absolute atomic E-state index is 0.101. The standard InChI is InChI=1S/C15H20N2O5S/c1-23(21,22)17-7-5-12(6-8-17)15(20)16-13-4-2-3-11(9-13)10-14(18)19/h2-4,9,12H,5-8,10H2,1H3,(H,16,20)(H,18,19). The van der Waals surface area contributed by atoms with Crippen molar-refractivity contribution in [2.75, 3.05) is 24.7 Å². The fourth-order valence-corrected chi connectivity index (χ4v) is 3.50. The summed E-state index contributed by atoms with van der Waals surface area (Å²) in [7, 11) is -3.21. The van der Waals surface area contributed by atoms with E-state index in [-0.39, 0.29) is 18.2 Å². The average Bonchev–Trinajstić information content (AvgIpc) is 2.46. The Morgan fingerprint density at radius 3 is 2.52 bits per heavy atom. The van der Waals surface area contributed by atoms with E-state index in [9.17, 15) is 18.0 Å². The van der Waals surface area contributed by atoms with Crippen LogP contribution < -0.4 is 5.32 Å². The molecule has 8 heteroatoms. The van der Waals surface area contributed by atoms with Gasteiger partial charge in [-0.25, -0.2) is 12.7 Å². The number of aliphatic carboxylic acids is 1. The van der Waals surface area contributed by atoms with E-state index in [1.165, 1.54) is 10.6 Å². The fourth-order valence-electron chi connectivity index (χ4n) is 2.63. The third-order valence-electron chi connectivity index (χ3n) is 3.84. The molecule has 1 aliphatic heterocycles. The highest BCUT2D eigenvalue weighted by Crippen LogP contribution is 2.21. The summed E-state index contributed by atoms with van der Waals surface area (Å²) in [6.45, 7) is 0.686. The number of hydrogen-bond donors (Lipinski definition) is 2. The second-order valence-electron chi connectivity index (χ2n) is 5.70. The number of benzene rings is 1. The first-order valence-corrected chi connectivity index (χ1v) is 9.17. The SMILES string of the molecule is CS(=O)(=O)N1CCC(C(=O)Nc2cccc(CC(=O)O)c2)CC1. The van der Waals surface area contributed by atoms with Gasteiger partial charge in [0.15, 0.2) is 0 Å². The predicted octanol–water partition coefficient (Wildman–Crippen LogP) is 0.924. The quantitative estimate of drug-likeness (QED) is 0.830. The Labute approximate surface area is 135 Å². The molecule has 1 heterocycles. The topological polar surface area (TPSA) is 104 Å². The number of anilines is 1. The molecule has 126 valence electrons. The van der Waals surface area contributed by atoms with E-state index in [1.807, 2.05) is 0 Å². The molecule has 0 aliphatic carbocycles. The van der Waals surface area contributed by atoms with Crippen LogP contribution in [0.25, 0.3) is 0 Å². The zero-order valence-electron chi connectivity index (χ0n) is 12.9. The number of carboxylic acids is 1. The van der Waals surface area contributed by atoms with Crippen molar-refractivity contribution in [1.82, 2.24) is 4.31 Å². The summed E-state index contributed by atoms with van der Waals surface area (Å²) in [5.74, 6) is -1.33. The third kappa shape index (κ3) is 5.04. The molecule has 0 radical (unpaired) electrons. The molecule has 1 aromatic carbocycles. The number of sulfonamides is 1. The van der Waals surface area contributed by atoms with Gasteiger partial charge in [0.2, 0.25) is 15.9 Å². The van der Waals surface area contributed by atoms with Crippen molar-refractivity contribution < 1.29 is 23.1 Å². The molecule has 0 bridgehead atoms. The molecule has 7 nitrogen and oxygen atoms in total. The zero-order valence-corrected chi connectivity index (χ0v) is 13.7. The molecule has 1 aliphatic rings. The number of nitrogens with one attached hydrogen (secondary N) is 1. The van der Waals surface area contributed by atoms with Gasteiger partial charge in [-0.15, -0.1) is 0 Å². The predicted molar refractivity (Wildman–Crippen MR) is 85.6 cm³/mol. The molecule has 0 unspecified atom stereocenters. The lowest BCUT2D eigenvalue weighted by Gasteiger charge is -2.29. The molecule has 1 amide bonds. The maximum Gasteiger partial charge on any atom is 0.307 e. The number of hydrogen-bond acceptors (Lipinski definition) is 4. The summed E-state index contributed by atoms with van der Waals surface area (Å²) in [4.78, 5) is 23.0. The highest BCUT2D eigenvalue weighted by Gasteiger charge is 2.28. The van der Waals surface area contributed by atoms with E-state index in [2.05, 4.69) is 5.32 Å². The van der Waals surface area contributed by atoms with Crippen molar-refractivity contribution in [2.45, 2.75) is 19.3 Å². The number of amides is 1. The Balaban J connectivity index is 1.94. The summed E-state index contributed by atoms with van der Waals surface area (Å²) in [6, 6.07) is 6.72. The van der Waals surface area contributed by atoms with Gasteiger partial charge in [0.25, 0.3) is 0 Å². The number of carboxylic acid groups (broad SMARTS) is 1. The maximum atomic E-state index is 12.3. The van der Waals surface area contributed by atoms with Crippen LogP contribution in [0.5, 0.6) is 0 Å². The summed E-state index contributed by atoms with van der Waals surface area (Å²) in [5, 5.41) is 11.6. The van der Waals surface area contributed by atoms with Gasteiger partial charge in [0, 0.05) is 24.7 Å². The lowest BCUT2D eigenvalue weighted by atomic mass is 9.97. The van der Waals surface area contributed by atoms with Crippen molar-refractivity contribution in [3.05, 3.63) is 29.8 Å².